The maximum absolute atomic E-state index is 12.8. The fourth-order valence-corrected chi connectivity index (χ4v) is 3.45. The molecule has 8 N–H and O–H groups in total. The van der Waals surface area contributed by atoms with Gasteiger partial charge in [-0.1, -0.05) is 71.1 Å². The first-order valence-electron chi connectivity index (χ1n) is 12.1. The largest absolute Gasteiger partial charge is 0.394 e. The fraction of sp³-hybridized carbons (Fsp3) is 0.913. The highest BCUT2D eigenvalue weighted by Gasteiger charge is 2.38. The summed E-state index contributed by atoms with van der Waals surface area (Å²) < 4.78 is 0. The summed E-state index contributed by atoms with van der Waals surface area (Å²) in [5, 5.41) is 61.6. The lowest BCUT2D eigenvalue weighted by atomic mass is 9.94. The van der Waals surface area contributed by atoms with Gasteiger partial charge in [0.25, 0.3) is 0 Å². The van der Waals surface area contributed by atoms with Crippen LogP contribution in [0.3, 0.4) is 0 Å². The van der Waals surface area contributed by atoms with E-state index in [1.165, 1.54) is 32.1 Å². The van der Waals surface area contributed by atoms with E-state index >= 15 is 0 Å². The molecule has 0 aromatic heterocycles. The molecule has 33 heavy (non-hydrogen) atoms. The lowest BCUT2D eigenvalue weighted by molar-refractivity contribution is -0.140. The number of rotatable bonds is 21. The van der Waals surface area contributed by atoms with Crippen molar-refractivity contribution in [2.45, 2.75) is 88.6 Å². The second-order valence-electron chi connectivity index (χ2n) is 9.01. The van der Waals surface area contributed by atoms with Crippen LogP contribution in [-0.4, -0.2) is 93.2 Å². The van der Waals surface area contributed by atoms with Gasteiger partial charge in [0.15, 0.2) is 0 Å². The minimum absolute atomic E-state index is 0.158. The summed E-state index contributed by atoms with van der Waals surface area (Å²) in [6, 6.07) is 0. The predicted octanol–water partition coefficient (Wildman–Crippen LogP) is -0.423. The van der Waals surface area contributed by atoms with E-state index in [4.69, 9.17) is 0 Å². The normalized spacial score (nSPS) is 12.2. The minimum Gasteiger partial charge on any atom is -0.394 e. The molecule has 0 bridgehead atoms. The Bertz CT molecular complexity index is 474. The third-order valence-electron chi connectivity index (χ3n) is 6.07. The third-order valence-corrected chi connectivity index (χ3v) is 6.07. The highest BCUT2D eigenvalue weighted by Crippen LogP contribution is 2.17. The molecule has 0 aromatic carbocycles. The Morgan fingerprint density at radius 1 is 0.576 bits per heavy atom. The lowest BCUT2D eigenvalue weighted by Gasteiger charge is -2.33. The molecule has 0 heterocycles. The van der Waals surface area contributed by atoms with Crippen molar-refractivity contribution >= 4 is 11.8 Å². The highest BCUT2D eigenvalue weighted by molar-refractivity contribution is 6.00. The molecule has 0 fully saturated rings. The van der Waals surface area contributed by atoms with E-state index in [0.29, 0.717) is 6.42 Å². The Labute approximate surface area is 197 Å². The van der Waals surface area contributed by atoms with E-state index in [9.17, 15) is 40.2 Å². The topological polar surface area (TPSA) is 180 Å². The van der Waals surface area contributed by atoms with Gasteiger partial charge in [0.2, 0.25) is 11.8 Å². The number of carbonyl (C=O) groups is 2. The molecule has 196 valence electrons. The summed E-state index contributed by atoms with van der Waals surface area (Å²) in [5.41, 5.74) is -3.37. The average Bonchev–Trinajstić information content (AvgIpc) is 2.84. The first-order chi connectivity index (χ1) is 15.8. The number of hydrogen-bond acceptors (Lipinski definition) is 8. The van der Waals surface area contributed by atoms with Gasteiger partial charge in [-0.3, -0.25) is 9.59 Å². The van der Waals surface area contributed by atoms with Crippen LogP contribution in [-0.2, 0) is 9.59 Å². The Hall–Kier alpha value is -1.30. The summed E-state index contributed by atoms with van der Waals surface area (Å²) in [4.78, 5) is 25.7. The predicted molar refractivity (Wildman–Crippen MR) is 124 cm³/mol. The molecule has 0 spiro atoms. The van der Waals surface area contributed by atoms with Crippen LogP contribution >= 0.6 is 0 Å². The summed E-state index contributed by atoms with van der Waals surface area (Å²) in [6.07, 6.45) is 10.9. The van der Waals surface area contributed by atoms with Crippen molar-refractivity contribution < 1.29 is 40.2 Å². The molecule has 0 rings (SSSR count). The lowest BCUT2D eigenvalue weighted by Crippen LogP contribution is -2.62. The second kappa shape index (κ2) is 18.1. The Morgan fingerprint density at radius 2 is 0.879 bits per heavy atom. The number of carbonyl (C=O) groups excluding carboxylic acids is 2. The zero-order valence-corrected chi connectivity index (χ0v) is 20.1. The van der Waals surface area contributed by atoms with Gasteiger partial charge in [-0.2, -0.15) is 0 Å². The van der Waals surface area contributed by atoms with Gasteiger partial charge in [-0.25, -0.2) is 0 Å². The zero-order valence-electron chi connectivity index (χ0n) is 20.1. The van der Waals surface area contributed by atoms with Crippen molar-refractivity contribution in [2.75, 3.05) is 39.6 Å². The molecule has 0 unspecified atom stereocenters. The maximum Gasteiger partial charge on any atom is 0.233 e. The molecular weight excluding hydrogens is 432 g/mol. The first-order valence-corrected chi connectivity index (χ1v) is 12.1. The molecule has 10 nitrogen and oxygen atoms in total. The van der Waals surface area contributed by atoms with Crippen molar-refractivity contribution in [2.24, 2.45) is 5.92 Å². The standard InChI is InChI=1S/C23H46N2O8/c1-2-3-4-5-6-7-8-9-10-11-12-19(20(32)24-22(13-26,14-27)15-28)21(33)25-23(16-29,17-30)18-31/h19,26-31H,2-18H2,1H3,(H,24,32)(H,25,33). The van der Waals surface area contributed by atoms with E-state index in [0.717, 1.165) is 25.7 Å². The van der Waals surface area contributed by atoms with E-state index in [1.807, 2.05) is 0 Å². The van der Waals surface area contributed by atoms with Crippen LogP contribution < -0.4 is 10.6 Å². The summed E-state index contributed by atoms with van der Waals surface area (Å²) in [7, 11) is 0. The van der Waals surface area contributed by atoms with Gasteiger partial charge >= 0.3 is 0 Å². The van der Waals surface area contributed by atoms with Crippen molar-refractivity contribution in [3.8, 4) is 0 Å². The number of unbranched alkanes of at least 4 members (excludes halogenated alkanes) is 9. The highest BCUT2D eigenvalue weighted by atomic mass is 16.3. The third kappa shape index (κ3) is 11.6. The molecule has 0 aromatic rings. The van der Waals surface area contributed by atoms with Gasteiger partial charge in [-0.15, -0.1) is 0 Å². The Balaban J connectivity index is 4.95. The van der Waals surface area contributed by atoms with Crippen molar-refractivity contribution in [1.82, 2.24) is 10.6 Å². The van der Waals surface area contributed by atoms with Crippen molar-refractivity contribution in [3.05, 3.63) is 0 Å². The van der Waals surface area contributed by atoms with Crippen LogP contribution in [0, 0.1) is 5.92 Å². The molecule has 10 heteroatoms. The van der Waals surface area contributed by atoms with E-state index in [2.05, 4.69) is 17.6 Å². The average molecular weight is 479 g/mol. The Kier molecular flexibility index (Phi) is 17.4. The Morgan fingerprint density at radius 3 is 1.18 bits per heavy atom. The summed E-state index contributed by atoms with van der Waals surface area (Å²) in [5.74, 6) is -2.86. The van der Waals surface area contributed by atoms with Crippen molar-refractivity contribution in [3.63, 3.8) is 0 Å². The zero-order chi connectivity index (χ0) is 25.2. The van der Waals surface area contributed by atoms with Gasteiger partial charge in [-0.05, 0) is 6.42 Å². The van der Waals surface area contributed by atoms with Gasteiger partial charge in [0, 0.05) is 0 Å². The molecule has 0 radical (unpaired) electrons. The van der Waals surface area contributed by atoms with Crippen LogP contribution in [0.15, 0.2) is 0 Å². The SMILES string of the molecule is CCCCCCCCCCCCC(C(=O)NC(CO)(CO)CO)C(=O)NC(CO)(CO)CO. The molecule has 2 amide bonds. The number of nitrogens with one attached hydrogen (secondary N) is 2. The number of aliphatic hydroxyl groups is 6. The summed E-state index contributed by atoms with van der Waals surface area (Å²) >= 11 is 0. The molecule has 0 saturated carbocycles. The van der Waals surface area contributed by atoms with E-state index in [-0.39, 0.29) is 6.42 Å². The molecule has 0 aliphatic carbocycles. The van der Waals surface area contributed by atoms with E-state index < -0.39 is 68.5 Å². The van der Waals surface area contributed by atoms with Crippen molar-refractivity contribution in [1.29, 1.82) is 0 Å². The van der Waals surface area contributed by atoms with Gasteiger partial charge in [0.05, 0.1) is 39.6 Å². The number of aliphatic hydroxyl groups excluding tert-OH is 6. The first kappa shape index (κ1) is 31.7. The molecule has 0 aliphatic heterocycles. The number of amides is 2. The van der Waals surface area contributed by atoms with Gasteiger partial charge < -0.3 is 41.3 Å². The minimum atomic E-state index is -1.69. The summed E-state index contributed by atoms with van der Waals surface area (Å²) in [6.45, 7) is -2.20. The number of hydrogen-bond donors (Lipinski definition) is 8. The molecule has 0 aliphatic rings. The monoisotopic (exact) mass is 478 g/mol. The second-order valence-corrected chi connectivity index (χ2v) is 9.01. The quantitative estimate of drug-likeness (QED) is 0.0809. The van der Waals surface area contributed by atoms with Crippen LogP contribution in [0.25, 0.3) is 0 Å². The van der Waals surface area contributed by atoms with E-state index in [1.54, 1.807) is 0 Å². The fourth-order valence-electron chi connectivity index (χ4n) is 3.45. The molecule has 0 atom stereocenters. The smallest absolute Gasteiger partial charge is 0.233 e. The van der Waals surface area contributed by atoms with Crippen LogP contribution in [0.2, 0.25) is 0 Å². The molecule has 0 saturated heterocycles. The van der Waals surface area contributed by atoms with Gasteiger partial charge in [0.1, 0.15) is 17.0 Å². The molecular formula is C23H46N2O8. The van der Waals surface area contributed by atoms with Crippen LogP contribution in [0.4, 0.5) is 0 Å². The van der Waals surface area contributed by atoms with Crippen LogP contribution in [0.1, 0.15) is 77.6 Å². The maximum atomic E-state index is 12.8. The van der Waals surface area contributed by atoms with Crippen LogP contribution in [0.5, 0.6) is 0 Å².